The average molecular weight is 719 g/mol. The molecule has 0 spiro atoms. The van der Waals surface area contributed by atoms with Gasteiger partial charge in [0.25, 0.3) is 0 Å². The smallest absolute Gasteiger partial charge is 0.223 e. The molecule has 50 heavy (non-hydrogen) atoms. The SMILES string of the molecule is CCCCOc1ccc(C[C@H](CNC(=O)C2CCC(C(C)(C)C)CC2)c2nc(-c3ccc(Cl)cc3Cl)cn2CCCOc2ccccc2)cc1. The van der Waals surface area contributed by atoms with Crippen LogP contribution >= 0.6 is 23.2 Å². The van der Waals surface area contributed by atoms with Crippen LogP contribution in [0.1, 0.15) is 89.9 Å². The summed E-state index contributed by atoms with van der Waals surface area (Å²) in [5.41, 5.74) is 3.04. The lowest BCUT2D eigenvalue weighted by molar-refractivity contribution is -0.126. The van der Waals surface area contributed by atoms with Crippen molar-refractivity contribution in [3.63, 3.8) is 0 Å². The molecule has 1 atom stereocenters. The first-order chi connectivity index (χ1) is 24.1. The number of carbonyl (C=O) groups is 1. The molecule has 0 unspecified atom stereocenters. The molecule has 268 valence electrons. The molecule has 0 bridgehead atoms. The molecule has 0 aliphatic heterocycles. The quantitative estimate of drug-likeness (QED) is 0.117. The van der Waals surface area contributed by atoms with Crippen molar-refractivity contribution >= 4 is 29.1 Å². The third kappa shape index (κ3) is 10.8. The maximum absolute atomic E-state index is 13.6. The molecule has 1 aromatic heterocycles. The van der Waals surface area contributed by atoms with Gasteiger partial charge in [-0.05, 0) is 104 Å². The van der Waals surface area contributed by atoms with Gasteiger partial charge in [-0.25, -0.2) is 4.98 Å². The summed E-state index contributed by atoms with van der Waals surface area (Å²) in [6.07, 6.45) is 9.75. The van der Waals surface area contributed by atoms with E-state index < -0.39 is 0 Å². The van der Waals surface area contributed by atoms with Gasteiger partial charge < -0.3 is 19.4 Å². The van der Waals surface area contributed by atoms with Crippen molar-refractivity contribution < 1.29 is 14.3 Å². The molecule has 3 aromatic carbocycles. The summed E-state index contributed by atoms with van der Waals surface area (Å²) in [6.45, 7) is 11.6. The van der Waals surface area contributed by atoms with Crippen LogP contribution in [-0.2, 0) is 17.8 Å². The van der Waals surface area contributed by atoms with Crippen molar-refractivity contribution in [1.29, 1.82) is 0 Å². The monoisotopic (exact) mass is 717 g/mol. The van der Waals surface area contributed by atoms with Crippen molar-refractivity contribution in [2.75, 3.05) is 19.8 Å². The summed E-state index contributed by atoms with van der Waals surface area (Å²) in [5, 5.41) is 4.50. The second-order valence-electron chi connectivity index (χ2n) is 14.7. The lowest BCUT2D eigenvalue weighted by atomic mass is 9.69. The Kier molecular flexibility index (Phi) is 13.7. The number of unbranched alkanes of at least 4 members (excludes halogenated alkanes) is 1. The van der Waals surface area contributed by atoms with E-state index in [0.29, 0.717) is 48.7 Å². The predicted molar refractivity (Wildman–Crippen MR) is 205 cm³/mol. The number of hydrogen-bond donors (Lipinski definition) is 1. The minimum Gasteiger partial charge on any atom is -0.494 e. The summed E-state index contributed by atoms with van der Waals surface area (Å²) in [5.74, 6) is 3.41. The predicted octanol–water partition coefficient (Wildman–Crippen LogP) is 10.8. The lowest BCUT2D eigenvalue weighted by Gasteiger charge is -2.36. The fraction of sp³-hybridized carbons (Fsp3) is 0.476. The van der Waals surface area contributed by atoms with Gasteiger partial charge in [0.2, 0.25) is 5.91 Å². The summed E-state index contributed by atoms with van der Waals surface area (Å²) in [6, 6.07) is 23.7. The zero-order chi connectivity index (χ0) is 35.5. The third-order valence-electron chi connectivity index (χ3n) is 9.95. The second-order valence-corrected chi connectivity index (χ2v) is 15.6. The number of hydrogen-bond acceptors (Lipinski definition) is 4. The van der Waals surface area contributed by atoms with Crippen molar-refractivity contribution in [1.82, 2.24) is 14.9 Å². The molecule has 4 aromatic rings. The zero-order valence-electron chi connectivity index (χ0n) is 30.1. The molecule has 1 saturated carbocycles. The molecule has 1 aliphatic carbocycles. The van der Waals surface area contributed by atoms with Gasteiger partial charge in [-0.2, -0.15) is 0 Å². The number of imidazole rings is 1. The average Bonchev–Trinajstić information content (AvgIpc) is 3.53. The van der Waals surface area contributed by atoms with Crippen molar-refractivity contribution in [2.24, 2.45) is 17.3 Å². The minimum absolute atomic E-state index is 0.0483. The van der Waals surface area contributed by atoms with E-state index in [2.05, 4.69) is 55.9 Å². The van der Waals surface area contributed by atoms with Gasteiger partial charge in [0.15, 0.2) is 0 Å². The highest BCUT2D eigenvalue weighted by atomic mass is 35.5. The highest BCUT2D eigenvalue weighted by molar-refractivity contribution is 6.36. The van der Waals surface area contributed by atoms with Crippen LogP contribution in [0.2, 0.25) is 10.0 Å². The Morgan fingerprint density at radius 3 is 2.26 bits per heavy atom. The third-order valence-corrected chi connectivity index (χ3v) is 10.5. The van der Waals surface area contributed by atoms with E-state index in [-0.39, 0.29) is 23.2 Å². The van der Waals surface area contributed by atoms with Gasteiger partial charge in [0.05, 0.1) is 23.9 Å². The first-order valence-electron chi connectivity index (χ1n) is 18.3. The summed E-state index contributed by atoms with van der Waals surface area (Å²) >= 11 is 12.9. The van der Waals surface area contributed by atoms with Crippen LogP contribution in [0, 0.1) is 17.3 Å². The molecule has 1 aliphatic rings. The van der Waals surface area contributed by atoms with Crippen molar-refractivity contribution in [2.45, 2.75) is 91.5 Å². The summed E-state index contributed by atoms with van der Waals surface area (Å²) in [4.78, 5) is 18.9. The van der Waals surface area contributed by atoms with E-state index in [4.69, 9.17) is 37.7 Å². The van der Waals surface area contributed by atoms with Crippen LogP contribution in [0.25, 0.3) is 11.3 Å². The van der Waals surface area contributed by atoms with Crippen LogP contribution in [0.4, 0.5) is 0 Å². The molecule has 0 saturated heterocycles. The van der Waals surface area contributed by atoms with E-state index in [0.717, 1.165) is 79.1 Å². The molecule has 1 fully saturated rings. The highest BCUT2D eigenvalue weighted by Crippen LogP contribution is 2.40. The Hall–Kier alpha value is -3.48. The zero-order valence-corrected chi connectivity index (χ0v) is 31.6. The minimum atomic E-state index is -0.0772. The number of carbonyl (C=O) groups excluding carboxylic acids is 1. The lowest BCUT2D eigenvalue weighted by Crippen LogP contribution is -2.38. The van der Waals surface area contributed by atoms with Gasteiger partial charge >= 0.3 is 0 Å². The van der Waals surface area contributed by atoms with Gasteiger partial charge in [0, 0.05) is 41.7 Å². The van der Waals surface area contributed by atoms with Crippen LogP contribution in [-0.4, -0.2) is 35.2 Å². The normalized spacial score (nSPS) is 16.9. The standard InChI is InChI=1S/C42H53Cl2N3O3/c1-5-6-24-49-36-20-13-30(14-21-36)26-32(28-45-41(48)31-15-17-33(18-16-31)42(2,3)4)40-46-39(37-22-19-34(43)27-38(37)44)29-47(40)23-10-25-50-35-11-8-7-9-12-35/h7-9,11-14,19-22,27,29,31-33H,5-6,10,15-18,23-26,28H2,1-4H3,(H,45,48)/t31?,32-,33?/m1/s1. The van der Waals surface area contributed by atoms with E-state index in [1.54, 1.807) is 6.07 Å². The van der Waals surface area contributed by atoms with E-state index >= 15 is 0 Å². The largest absolute Gasteiger partial charge is 0.494 e. The molecule has 8 heteroatoms. The first-order valence-corrected chi connectivity index (χ1v) is 19.1. The molecule has 1 heterocycles. The van der Waals surface area contributed by atoms with Crippen LogP contribution in [0.15, 0.2) is 79.0 Å². The molecular formula is C42H53Cl2N3O3. The number of amides is 1. The number of para-hydroxylation sites is 1. The van der Waals surface area contributed by atoms with E-state index in [9.17, 15) is 4.79 Å². The maximum Gasteiger partial charge on any atom is 0.223 e. The van der Waals surface area contributed by atoms with Crippen LogP contribution in [0.3, 0.4) is 0 Å². The number of benzene rings is 3. The topological polar surface area (TPSA) is 65.4 Å². The Labute approximate surface area is 308 Å². The molecule has 1 amide bonds. The van der Waals surface area contributed by atoms with Gasteiger partial charge in [-0.1, -0.05) is 87.6 Å². The molecule has 1 N–H and O–H groups in total. The van der Waals surface area contributed by atoms with Crippen LogP contribution < -0.4 is 14.8 Å². The van der Waals surface area contributed by atoms with Gasteiger partial charge in [-0.3, -0.25) is 4.79 Å². The molecular weight excluding hydrogens is 665 g/mol. The first kappa shape index (κ1) is 37.8. The Morgan fingerprint density at radius 2 is 1.60 bits per heavy atom. The number of halogens is 2. The number of nitrogens with one attached hydrogen (secondary N) is 1. The van der Waals surface area contributed by atoms with E-state index in [1.807, 2.05) is 54.6 Å². The summed E-state index contributed by atoms with van der Waals surface area (Å²) in [7, 11) is 0. The fourth-order valence-electron chi connectivity index (χ4n) is 6.89. The number of ether oxygens (including phenoxy) is 2. The number of nitrogens with zero attached hydrogens (tertiary/aromatic N) is 2. The van der Waals surface area contributed by atoms with Crippen molar-refractivity contribution in [3.8, 4) is 22.8 Å². The Bertz CT molecular complexity index is 1640. The number of aromatic nitrogens is 2. The summed E-state index contributed by atoms with van der Waals surface area (Å²) < 4.78 is 14.2. The molecule has 5 rings (SSSR count). The Balaban J connectivity index is 1.38. The Morgan fingerprint density at radius 1 is 0.920 bits per heavy atom. The van der Waals surface area contributed by atoms with Gasteiger partial charge in [-0.15, -0.1) is 0 Å². The van der Waals surface area contributed by atoms with Crippen LogP contribution in [0.5, 0.6) is 11.5 Å². The maximum atomic E-state index is 13.6. The number of rotatable bonds is 16. The molecule has 6 nitrogen and oxygen atoms in total. The fourth-order valence-corrected chi connectivity index (χ4v) is 7.39. The molecule has 0 radical (unpaired) electrons. The number of aryl methyl sites for hydroxylation is 1. The van der Waals surface area contributed by atoms with E-state index in [1.165, 1.54) is 0 Å². The van der Waals surface area contributed by atoms with Gasteiger partial charge in [0.1, 0.15) is 17.3 Å². The van der Waals surface area contributed by atoms with Crippen molar-refractivity contribution in [3.05, 3.63) is 100 Å². The second kappa shape index (κ2) is 18.1. The highest BCUT2D eigenvalue weighted by Gasteiger charge is 2.33.